The number of thiazole rings is 1. The molecule has 9 nitrogen and oxygen atoms in total. The van der Waals surface area contributed by atoms with Crippen molar-refractivity contribution in [2.45, 2.75) is 6.42 Å². The molecule has 0 spiro atoms. The lowest BCUT2D eigenvalue weighted by molar-refractivity contribution is -0.384. The summed E-state index contributed by atoms with van der Waals surface area (Å²) in [6.07, 6.45) is 0.750. The third-order valence-corrected chi connectivity index (χ3v) is 6.37. The highest BCUT2D eigenvalue weighted by Crippen LogP contribution is 2.32. The molecule has 11 heteroatoms. The molecule has 1 aromatic heterocycles. The Kier molecular flexibility index (Phi) is 8.56. The Labute approximate surface area is 201 Å². The zero-order valence-electron chi connectivity index (χ0n) is 18.1. The molecule has 3 aromatic rings. The minimum Gasteiger partial charge on any atom is -0.497 e. The Morgan fingerprint density at radius 3 is 2.79 bits per heavy atom. The number of morpholine rings is 1. The fourth-order valence-electron chi connectivity index (χ4n) is 3.60. The molecule has 4 rings (SSSR count). The SMILES string of the molecule is COc1ccc2nc(N(CCCN3CCOCC3)C(=O)c3cccc([N+](=O)[O-])c3)sc2c1.Cl. The van der Waals surface area contributed by atoms with Gasteiger partial charge in [-0.1, -0.05) is 17.4 Å². The summed E-state index contributed by atoms with van der Waals surface area (Å²) < 4.78 is 11.6. The molecule has 2 aromatic carbocycles. The largest absolute Gasteiger partial charge is 0.497 e. The van der Waals surface area contributed by atoms with Crippen LogP contribution < -0.4 is 9.64 Å². The van der Waals surface area contributed by atoms with Crippen LogP contribution in [0, 0.1) is 10.1 Å². The van der Waals surface area contributed by atoms with Gasteiger partial charge in [0.2, 0.25) is 0 Å². The number of amides is 1. The van der Waals surface area contributed by atoms with Gasteiger partial charge in [-0.3, -0.25) is 24.7 Å². The molecule has 1 amide bonds. The van der Waals surface area contributed by atoms with Crippen molar-refractivity contribution in [1.82, 2.24) is 9.88 Å². The summed E-state index contributed by atoms with van der Waals surface area (Å²) in [5.74, 6) is 0.415. The maximum absolute atomic E-state index is 13.4. The van der Waals surface area contributed by atoms with E-state index in [2.05, 4.69) is 9.88 Å². The van der Waals surface area contributed by atoms with E-state index in [4.69, 9.17) is 9.47 Å². The maximum Gasteiger partial charge on any atom is 0.270 e. The summed E-state index contributed by atoms with van der Waals surface area (Å²) in [7, 11) is 1.60. The number of ether oxygens (including phenoxy) is 2. The second kappa shape index (κ2) is 11.4. The van der Waals surface area contributed by atoms with Crippen LogP contribution in [0.1, 0.15) is 16.8 Å². The van der Waals surface area contributed by atoms with Crippen molar-refractivity contribution in [3.8, 4) is 5.75 Å². The van der Waals surface area contributed by atoms with Gasteiger partial charge in [-0.25, -0.2) is 4.98 Å². The molecule has 0 bridgehead atoms. The van der Waals surface area contributed by atoms with Crippen molar-refractivity contribution in [1.29, 1.82) is 0 Å². The standard InChI is InChI=1S/C22H24N4O5S.ClH/c1-30-18-6-7-19-20(15-18)32-22(23-19)25(9-3-8-24-10-12-31-13-11-24)21(27)16-4-2-5-17(14-16)26(28)29;/h2,4-7,14-15H,3,8-13H2,1H3;1H. The number of aromatic nitrogens is 1. The fraction of sp³-hybridized carbons (Fsp3) is 0.364. The number of carbonyl (C=O) groups excluding carboxylic acids is 1. The summed E-state index contributed by atoms with van der Waals surface area (Å²) in [4.78, 5) is 32.7. The number of halogens is 1. The van der Waals surface area contributed by atoms with Crippen LogP contribution in [-0.2, 0) is 4.74 Å². The van der Waals surface area contributed by atoms with Gasteiger partial charge in [-0.2, -0.15) is 0 Å². The monoisotopic (exact) mass is 492 g/mol. The number of hydrogen-bond acceptors (Lipinski definition) is 8. The molecule has 1 aliphatic rings. The number of carbonyl (C=O) groups is 1. The summed E-state index contributed by atoms with van der Waals surface area (Å²) in [6.45, 7) is 4.47. The van der Waals surface area contributed by atoms with E-state index in [1.54, 1.807) is 18.1 Å². The number of hydrogen-bond donors (Lipinski definition) is 0. The van der Waals surface area contributed by atoms with Crippen molar-refractivity contribution < 1.29 is 19.2 Å². The smallest absolute Gasteiger partial charge is 0.270 e. The van der Waals surface area contributed by atoms with Crippen LogP contribution in [0.15, 0.2) is 42.5 Å². The number of nitrogens with zero attached hydrogens (tertiary/aromatic N) is 4. The molecule has 2 heterocycles. The van der Waals surface area contributed by atoms with Crippen LogP contribution in [0.25, 0.3) is 10.2 Å². The quantitative estimate of drug-likeness (QED) is 0.346. The number of rotatable bonds is 8. The Morgan fingerprint density at radius 2 is 2.06 bits per heavy atom. The molecule has 33 heavy (non-hydrogen) atoms. The summed E-state index contributed by atoms with van der Waals surface area (Å²) in [5, 5.41) is 11.7. The highest BCUT2D eigenvalue weighted by Gasteiger charge is 2.23. The van der Waals surface area contributed by atoms with E-state index in [-0.39, 0.29) is 29.6 Å². The highest BCUT2D eigenvalue weighted by atomic mass is 35.5. The highest BCUT2D eigenvalue weighted by molar-refractivity contribution is 7.22. The minimum absolute atomic E-state index is 0. The van der Waals surface area contributed by atoms with Crippen LogP contribution >= 0.6 is 23.7 Å². The van der Waals surface area contributed by atoms with E-state index >= 15 is 0 Å². The lowest BCUT2D eigenvalue weighted by atomic mass is 10.1. The van der Waals surface area contributed by atoms with Gasteiger partial charge in [-0.15, -0.1) is 12.4 Å². The molecule has 176 valence electrons. The predicted octanol–water partition coefficient (Wildman–Crippen LogP) is 4.00. The molecule has 0 saturated carbocycles. The normalized spacial score (nSPS) is 14.0. The average molecular weight is 493 g/mol. The van der Waals surface area contributed by atoms with Crippen molar-refractivity contribution >= 4 is 50.7 Å². The van der Waals surface area contributed by atoms with Gasteiger partial charge in [0.25, 0.3) is 11.6 Å². The molecule has 0 N–H and O–H groups in total. The predicted molar refractivity (Wildman–Crippen MR) is 130 cm³/mol. The minimum atomic E-state index is -0.497. The van der Waals surface area contributed by atoms with Crippen LogP contribution in [0.3, 0.4) is 0 Å². The van der Waals surface area contributed by atoms with Crippen LogP contribution in [0.2, 0.25) is 0 Å². The molecule has 1 saturated heterocycles. The Morgan fingerprint density at radius 1 is 1.27 bits per heavy atom. The molecular weight excluding hydrogens is 468 g/mol. The molecular formula is C22H25ClN4O5S. The molecule has 1 aliphatic heterocycles. The topological polar surface area (TPSA) is 98.0 Å². The second-order valence-corrected chi connectivity index (χ2v) is 8.41. The number of benzene rings is 2. The molecule has 1 fully saturated rings. The van der Waals surface area contributed by atoms with E-state index < -0.39 is 4.92 Å². The van der Waals surface area contributed by atoms with E-state index in [1.165, 1.54) is 29.5 Å². The molecule has 0 unspecified atom stereocenters. The Bertz CT molecular complexity index is 1120. The Hall–Kier alpha value is -2.79. The molecule has 0 atom stereocenters. The van der Waals surface area contributed by atoms with E-state index in [0.29, 0.717) is 11.7 Å². The van der Waals surface area contributed by atoms with Gasteiger partial charge in [-0.05, 0) is 30.7 Å². The van der Waals surface area contributed by atoms with Crippen LogP contribution in [0.5, 0.6) is 5.75 Å². The van der Waals surface area contributed by atoms with Crippen molar-refractivity contribution in [3.05, 3.63) is 58.1 Å². The lowest BCUT2D eigenvalue weighted by Crippen LogP contribution is -2.39. The molecule has 0 radical (unpaired) electrons. The number of non-ortho nitro benzene ring substituents is 1. The number of methoxy groups -OCH3 is 1. The van der Waals surface area contributed by atoms with E-state index in [0.717, 1.165) is 55.2 Å². The van der Waals surface area contributed by atoms with Gasteiger partial charge in [0.05, 0.1) is 35.5 Å². The number of fused-ring (bicyclic) bond motifs is 1. The first-order valence-corrected chi connectivity index (χ1v) is 11.2. The van der Waals surface area contributed by atoms with Gasteiger partial charge >= 0.3 is 0 Å². The first kappa shape index (κ1) is 24.8. The third kappa shape index (κ3) is 5.97. The van der Waals surface area contributed by atoms with Crippen molar-refractivity contribution in [3.63, 3.8) is 0 Å². The maximum atomic E-state index is 13.4. The van der Waals surface area contributed by atoms with E-state index in [9.17, 15) is 14.9 Å². The summed E-state index contributed by atoms with van der Waals surface area (Å²) >= 11 is 1.40. The van der Waals surface area contributed by atoms with Crippen molar-refractivity contribution in [2.75, 3.05) is 51.4 Å². The number of nitro benzene ring substituents is 1. The second-order valence-electron chi connectivity index (χ2n) is 7.40. The van der Waals surface area contributed by atoms with Crippen LogP contribution in [0.4, 0.5) is 10.8 Å². The summed E-state index contributed by atoms with van der Waals surface area (Å²) in [5.41, 5.74) is 0.927. The summed E-state index contributed by atoms with van der Waals surface area (Å²) in [6, 6.07) is 11.4. The number of anilines is 1. The van der Waals surface area contributed by atoms with Gasteiger partial charge in [0.15, 0.2) is 5.13 Å². The zero-order chi connectivity index (χ0) is 22.5. The molecule has 0 aliphatic carbocycles. The number of nitro groups is 1. The average Bonchev–Trinajstić information content (AvgIpc) is 3.25. The van der Waals surface area contributed by atoms with Crippen LogP contribution in [-0.4, -0.2) is 67.2 Å². The van der Waals surface area contributed by atoms with E-state index in [1.807, 2.05) is 18.2 Å². The zero-order valence-corrected chi connectivity index (χ0v) is 19.8. The fourth-order valence-corrected chi connectivity index (χ4v) is 4.62. The van der Waals surface area contributed by atoms with Gasteiger partial charge < -0.3 is 9.47 Å². The van der Waals surface area contributed by atoms with Gasteiger partial charge in [0.1, 0.15) is 5.75 Å². The van der Waals surface area contributed by atoms with Crippen molar-refractivity contribution in [2.24, 2.45) is 0 Å². The Balaban J connectivity index is 0.00000306. The lowest BCUT2D eigenvalue weighted by Gasteiger charge is -2.27. The van der Waals surface area contributed by atoms with Gasteiger partial charge in [0, 0.05) is 43.9 Å². The first-order chi connectivity index (χ1) is 15.5. The first-order valence-electron chi connectivity index (χ1n) is 10.4. The third-order valence-electron chi connectivity index (χ3n) is 5.32.